The molecule has 0 fully saturated rings. The summed E-state index contributed by atoms with van der Waals surface area (Å²) >= 11 is 0. The summed E-state index contributed by atoms with van der Waals surface area (Å²) < 4.78 is 10.4. The first-order chi connectivity index (χ1) is 7.58. The molecule has 90 valence electrons. The zero-order valence-electron chi connectivity index (χ0n) is 9.82. The van der Waals surface area contributed by atoms with Crippen molar-refractivity contribution in [3.8, 4) is 5.95 Å². The fourth-order valence-corrected chi connectivity index (χ4v) is 1.24. The highest BCUT2D eigenvalue weighted by Crippen LogP contribution is 2.22. The quantitative estimate of drug-likeness (QED) is 0.807. The van der Waals surface area contributed by atoms with Crippen LogP contribution in [0, 0.1) is 5.92 Å². The average Bonchev–Trinajstić information content (AvgIpc) is 2.61. The maximum Gasteiger partial charge on any atom is 0.362 e. The van der Waals surface area contributed by atoms with E-state index in [-0.39, 0.29) is 11.6 Å². The lowest BCUT2D eigenvalue weighted by atomic mass is 10.1. The second-order valence-electron chi connectivity index (χ2n) is 3.70. The third-order valence-corrected chi connectivity index (χ3v) is 2.34. The highest BCUT2D eigenvalue weighted by Gasteiger charge is 2.21. The number of carbonyl (C=O) groups is 1. The first kappa shape index (κ1) is 12.5. The van der Waals surface area contributed by atoms with Gasteiger partial charge in [0.05, 0.1) is 6.61 Å². The Morgan fingerprint density at radius 1 is 1.56 bits per heavy atom. The number of nitrogens with zero attached hydrogens (tertiary/aromatic N) is 1. The maximum absolute atomic E-state index is 10.9. The minimum atomic E-state index is -1.12. The van der Waals surface area contributed by atoms with E-state index in [1.165, 1.54) is 0 Å². The van der Waals surface area contributed by atoms with Gasteiger partial charge in [0.1, 0.15) is 0 Å². The first-order valence-electron chi connectivity index (χ1n) is 5.44. The summed E-state index contributed by atoms with van der Waals surface area (Å²) in [6, 6.07) is 0. The number of rotatable bonds is 6. The van der Waals surface area contributed by atoms with Gasteiger partial charge in [0.25, 0.3) is 0 Å². The van der Waals surface area contributed by atoms with E-state index in [1.807, 2.05) is 0 Å². The topological polar surface area (TPSA) is 72.6 Å². The Balaban J connectivity index is 2.87. The van der Waals surface area contributed by atoms with Gasteiger partial charge in [-0.25, -0.2) is 9.78 Å². The van der Waals surface area contributed by atoms with Crippen molar-refractivity contribution in [1.29, 1.82) is 0 Å². The Kier molecular flexibility index (Phi) is 4.34. The molecule has 0 bridgehead atoms. The number of hydrogen-bond donors (Lipinski definition) is 1. The van der Waals surface area contributed by atoms with E-state index in [9.17, 15) is 4.79 Å². The molecule has 1 rings (SSSR count). The van der Waals surface area contributed by atoms with Gasteiger partial charge in [0.15, 0.2) is 5.89 Å². The summed E-state index contributed by atoms with van der Waals surface area (Å²) in [4.78, 5) is 14.8. The van der Waals surface area contributed by atoms with Crippen LogP contribution in [0.15, 0.2) is 4.42 Å². The first-order valence-corrected chi connectivity index (χ1v) is 5.44. The van der Waals surface area contributed by atoms with Crippen LogP contribution in [0.4, 0.5) is 0 Å². The number of hydrogen-bond acceptors (Lipinski definition) is 4. The lowest BCUT2D eigenvalue weighted by Gasteiger charge is -2.02. The summed E-state index contributed by atoms with van der Waals surface area (Å²) in [6.45, 7) is 6.25. The third-order valence-electron chi connectivity index (χ3n) is 2.34. The molecule has 0 spiro atoms. The standard InChI is InChI=1S/C11H17NO4/c1-4-7(3)6-8-12-9(10(13)14)11(16-8)15-5-2/h7H,4-6H2,1-3H3,(H,13,14). The third kappa shape index (κ3) is 2.98. The van der Waals surface area contributed by atoms with E-state index in [1.54, 1.807) is 6.92 Å². The SMILES string of the molecule is CCOc1oc(CC(C)CC)nc1C(=O)O. The van der Waals surface area contributed by atoms with E-state index < -0.39 is 5.97 Å². The highest BCUT2D eigenvalue weighted by atomic mass is 16.6. The fourth-order valence-electron chi connectivity index (χ4n) is 1.24. The molecule has 0 radical (unpaired) electrons. The van der Waals surface area contributed by atoms with Crippen LogP contribution in [0.2, 0.25) is 0 Å². The molecule has 0 aromatic carbocycles. The van der Waals surface area contributed by atoms with Gasteiger partial charge < -0.3 is 14.3 Å². The van der Waals surface area contributed by atoms with Crippen LogP contribution >= 0.6 is 0 Å². The van der Waals surface area contributed by atoms with Crippen LogP contribution in [0.25, 0.3) is 0 Å². The highest BCUT2D eigenvalue weighted by molar-refractivity contribution is 5.87. The number of carboxylic acid groups (broad SMARTS) is 1. The van der Waals surface area contributed by atoms with Crippen molar-refractivity contribution in [3.05, 3.63) is 11.6 Å². The lowest BCUT2D eigenvalue weighted by molar-refractivity contribution is 0.0683. The molecule has 1 aromatic rings. The van der Waals surface area contributed by atoms with Crippen molar-refractivity contribution in [1.82, 2.24) is 4.98 Å². The average molecular weight is 227 g/mol. The molecule has 0 amide bonds. The predicted molar refractivity (Wildman–Crippen MR) is 57.8 cm³/mol. The molecule has 1 heterocycles. The van der Waals surface area contributed by atoms with Crippen molar-refractivity contribution >= 4 is 5.97 Å². The second kappa shape index (κ2) is 5.53. The molecule has 1 N–H and O–H groups in total. The molecule has 0 saturated heterocycles. The molecular weight excluding hydrogens is 210 g/mol. The Labute approximate surface area is 94.4 Å². The molecule has 0 aliphatic heterocycles. The normalized spacial score (nSPS) is 12.4. The maximum atomic E-state index is 10.9. The van der Waals surface area contributed by atoms with Crippen LogP contribution in [0.5, 0.6) is 5.95 Å². The zero-order chi connectivity index (χ0) is 12.1. The van der Waals surface area contributed by atoms with Gasteiger partial charge in [-0.2, -0.15) is 0 Å². The zero-order valence-corrected chi connectivity index (χ0v) is 9.82. The largest absolute Gasteiger partial charge is 0.476 e. The fraction of sp³-hybridized carbons (Fsp3) is 0.636. The molecule has 1 unspecified atom stereocenters. The number of aromatic nitrogens is 1. The monoisotopic (exact) mass is 227 g/mol. The van der Waals surface area contributed by atoms with Crippen molar-refractivity contribution < 1.29 is 19.1 Å². The minimum absolute atomic E-state index is 0.00769. The molecule has 16 heavy (non-hydrogen) atoms. The Morgan fingerprint density at radius 2 is 2.25 bits per heavy atom. The molecular formula is C11H17NO4. The van der Waals surface area contributed by atoms with Gasteiger partial charge in [-0.3, -0.25) is 0 Å². The van der Waals surface area contributed by atoms with E-state index in [0.29, 0.717) is 24.8 Å². The summed E-state index contributed by atoms with van der Waals surface area (Å²) in [5.74, 6) is -0.277. The van der Waals surface area contributed by atoms with Gasteiger partial charge >= 0.3 is 11.9 Å². The van der Waals surface area contributed by atoms with E-state index in [2.05, 4.69) is 18.8 Å². The Morgan fingerprint density at radius 3 is 2.75 bits per heavy atom. The molecule has 0 saturated carbocycles. The van der Waals surface area contributed by atoms with Crippen LogP contribution in [-0.4, -0.2) is 22.7 Å². The summed E-state index contributed by atoms with van der Waals surface area (Å²) in [7, 11) is 0. The van der Waals surface area contributed by atoms with Gasteiger partial charge in [-0.15, -0.1) is 0 Å². The van der Waals surface area contributed by atoms with Gasteiger partial charge in [0, 0.05) is 6.42 Å². The molecule has 0 aliphatic rings. The summed E-state index contributed by atoms with van der Waals surface area (Å²) in [5.41, 5.74) is -0.139. The predicted octanol–water partition coefficient (Wildman–Crippen LogP) is 2.36. The Bertz CT molecular complexity index is 359. The Hall–Kier alpha value is -1.52. The van der Waals surface area contributed by atoms with Crippen molar-refractivity contribution in [2.75, 3.05) is 6.61 Å². The number of carboxylic acids is 1. The smallest absolute Gasteiger partial charge is 0.362 e. The van der Waals surface area contributed by atoms with Crippen LogP contribution in [0.3, 0.4) is 0 Å². The van der Waals surface area contributed by atoms with Crippen LogP contribution < -0.4 is 4.74 Å². The molecule has 5 heteroatoms. The van der Waals surface area contributed by atoms with E-state index in [0.717, 1.165) is 6.42 Å². The number of oxazole rings is 1. The number of aromatic carboxylic acids is 1. The van der Waals surface area contributed by atoms with Gasteiger partial charge in [0.2, 0.25) is 5.69 Å². The van der Waals surface area contributed by atoms with Crippen LogP contribution in [-0.2, 0) is 6.42 Å². The van der Waals surface area contributed by atoms with Crippen molar-refractivity contribution in [3.63, 3.8) is 0 Å². The molecule has 1 aromatic heterocycles. The molecule has 1 atom stereocenters. The minimum Gasteiger partial charge on any atom is -0.476 e. The number of ether oxygens (including phenoxy) is 1. The van der Waals surface area contributed by atoms with E-state index in [4.69, 9.17) is 14.3 Å². The second-order valence-corrected chi connectivity index (χ2v) is 3.70. The van der Waals surface area contributed by atoms with E-state index >= 15 is 0 Å². The van der Waals surface area contributed by atoms with Crippen molar-refractivity contribution in [2.24, 2.45) is 5.92 Å². The molecule has 0 aliphatic carbocycles. The summed E-state index contributed by atoms with van der Waals surface area (Å²) in [5, 5.41) is 8.89. The van der Waals surface area contributed by atoms with Gasteiger partial charge in [-0.05, 0) is 12.8 Å². The lowest BCUT2D eigenvalue weighted by Crippen LogP contribution is -2.02. The van der Waals surface area contributed by atoms with Gasteiger partial charge in [-0.1, -0.05) is 20.3 Å². The van der Waals surface area contributed by atoms with Crippen LogP contribution in [0.1, 0.15) is 43.6 Å². The summed E-state index contributed by atoms with van der Waals surface area (Å²) in [6.07, 6.45) is 1.62. The molecule has 5 nitrogen and oxygen atoms in total. The van der Waals surface area contributed by atoms with Crippen molar-refractivity contribution in [2.45, 2.75) is 33.6 Å².